The Labute approximate surface area is 133 Å². The Kier molecular flexibility index (Phi) is 3.01. The number of benzene rings is 2. The van der Waals surface area contributed by atoms with Crippen LogP contribution in [-0.2, 0) is 0 Å². The number of aryl methyl sites for hydroxylation is 3. The second-order valence-corrected chi connectivity index (χ2v) is 5.78. The molecule has 0 aliphatic heterocycles. The molecule has 5 nitrogen and oxygen atoms in total. The van der Waals surface area contributed by atoms with Crippen molar-refractivity contribution in [3.63, 3.8) is 0 Å². The van der Waals surface area contributed by atoms with E-state index in [1.54, 1.807) is 6.33 Å². The largest absolute Gasteiger partial charge is 0.443 e. The SMILES string of the molecule is Cc1cc(C)c(-n2cnnc2-c2cccc3ncoc23)c(C)c1. The number of oxazole rings is 1. The lowest BCUT2D eigenvalue weighted by atomic mass is 10.0. The van der Waals surface area contributed by atoms with Crippen LogP contribution in [-0.4, -0.2) is 19.7 Å². The zero-order valence-corrected chi connectivity index (χ0v) is 13.2. The van der Waals surface area contributed by atoms with Crippen LogP contribution in [0.2, 0.25) is 0 Å². The minimum Gasteiger partial charge on any atom is -0.443 e. The van der Waals surface area contributed by atoms with E-state index in [1.807, 2.05) is 22.8 Å². The summed E-state index contributed by atoms with van der Waals surface area (Å²) in [4.78, 5) is 4.21. The van der Waals surface area contributed by atoms with Crippen LogP contribution in [0.5, 0.6) is 0 Å². The molecule has 2 aromatic carbocycles. The quantitative estimate of drug-likeness (QED) is 0.561. The Bertz CT molecular complexity index is 990. The van der Waals surface area contributed by atoms with E-state index in [2.05, 4.69) is 48.1 Å². The molecule has 0 aliphatic carbocycles. The zero-order chi connectivity index (χ0) is 16.0. The highest BCUT2D eigenvalue weighted by Crippen LogP contribution is 2.30. The maximum Gasteiger partial charge on any atom is 0.182 e. The molecule has 0 N–H and O–H groups in total. The number of fused-ring (bicyclic) bond motifs is 1. The average molecular weight is 304 g/mol. The summed E-state index contributed by atoms with van der Waals surface area (Å²) in [6, 6.07) is 10.2. The summed E-state index contributed by atoms with van der Waals surface area (Å²) in [5, 5.41) is 8.44. The van der Waals surface area contributed by atoms with Crippen LogP contribution < -0.4 is 0 Å². The summed E-state index contributed by atoms with van der Waals surface area (Å²) in [7, 11) is 0. The van der Waals surface area contributed by atoms with Gasteiger partial charge in [0.25, 0.3) is 0 Å². The number of para-hydroxylation sites is 1. The number of hydrogen-bond acceptors (Lipinski definition) is 4. The number of nitrogens with zero attached hydrogens (tertiary/aromatic N) is 4. The van der Waals surface area contributed by atoms with Gasteiger partial charge in [0.15, 0.2) is 17.8 Å². The molecule has 0 unspecified atom stereocenters. The second-order valence-electron chi connectivity index (χ2n) is 5.78. The van der Waals surface area contributed by atoms with Gasteiger partial charge in [-0.25, -0.2) is 4.98 Å². The van der Waals surface area contributed by atoms with Gasteiger partial charge in [-0.1, -0.05) is 23.8 Å². The van der Waals surface area contributed by atoms with Crippen molar-refractivity contribution in [3.8, 4) is 17.1 Å². The maximum absolute atomic E-state index is 5.55. The third-order valence-electron chi connectivity index (χ3n) is 4.02. The van der Waals surface area contributed by atoms with E-state index in [4.69, 9.17) is 4.42 Å². The molecule has 23 heavy (non-hydrogen) atoms. The predicted octanol–water partition coefficient (Wildman–Crippen LogP) is 4.00. The lowest BCUT2D eigenvalue weighted by Crippen LogP contribution is -2.02. The molecule has 0 atom stereocenters. The zero-order valence-electron chi connectivity index (χ0n) is 13.2. The van der Waals surface area contributed by atoms with Gasteiger partial charge in [0.1, 0.15) is 11.8 Å². The van der Waals surface area contributed by atoms with Crippen molar-refractivity contribution in [1.29, 1.82) is 0 Å². The molecule has 0 amide bonds. The Hall–Kier alpha value is -2.95. The summed E-state index contributed by atoms with van der Waals surface area (Å²) < 4.78 is 7.57. The van der Waals surface area contributed by atoms with Gasteiger partial charge >= 0.3 is 0 Å². The van der Waals surface area contributed by atoms with Crippen molar-refractivity contribution < 1.29 is 4.42 Å². The lowest BCUT2D eigenvalue weighted by Gasteiger charge is -2.14. The minimum absolute atomic E-state index is 0.726. The van der Waals surface area contributed by atoms with Crippen LogP contribution in [0.15, 0.2) is 47.5 Å². The van der Waals surface area contributed by atoms with Gasteiger partial charge in [-0.05, 0) is 44.0 Å². The van der Waals surface area contributed by atoms with Crippen LogP contribution in [0.3, 0.4) is 0 Å². The topological polar surface area (TPSA) is 56.7 Å². The Morgan fingerprint density at radius 3 is 2.61 bits per heavy atom. The molecule has 2 heterocycles. The van der Waals surface area contributed by atoms with E-state index < -0.39 is 0 Å². The molecule has 0 aliphatic rings. The van der Waals surface area contributed by atoms with E-state index in [-0.39, 0.29) is 0 Å². The van der Waals surface area contributed by atoms with E-state index >= 15 is 0 Å². The smallest absolute Gasteiger partial charge is 0.182 e. The van der Waals surface area contributed by atoms with Crippen LogP contribution in [0.4, 0.5) is 0 Å². The molecule has 4 rings (SSSR count). The summed E-state index contributed by atoms with van der Waals surface area (Å²) in [6.07, 6.45) is 3.20. The molecule has 114 valence electrons. The summed E-state index contributed by atoms with van der Waals surface area (Å²) >= 11 is 0. The first-order valence-corrected chi connectivity index (χ1v) is 7.46. The molecule has 0 saturated carbocycles. The Morgan fingerprint density at radius 1 is 1.04 bits per heavy atom. The van der Waals surface area contributed by atoms with Crippen molar-refractivity contribution in [3.05, 3.63) is 59.7 Å². The van der Waals surface area contributed by atoms with Gasteiger partial charge in [0, 0.05) is 0 Å². The summed E-state index contributed by atoms with van der Waals surface area (Å²) in [5.74, 6) is 0.752. The van der Waals surface area contributed by atoms with Crippen LogP contribution in [0.1, 0.15) is 16.7 Å². The molecule has 0 saturated heterocycles. The molecule has 0 fully saturated rings. The van der Waals surface area contributed by atoms with Crippen molar-refractivity contribution in [2.75, 3.05) is 0 Å². The van der Waals surface area contributed by atoms with Gasteiger partial charge in [0.05, 0.1) is 11.3 Å². The molecular weight excluding hydrogens is 288 g/mol. The fraction of sp³-hybridized carbons (Fsp3) is 0.167. The molecule has 4 aromatic rings. The van der Waals surface area contributed by atoms with Gasteiger partial charge < -0.3 is 4.42 Å². The van der Waals surface area contributed by atoms with E-state index in [0.29, 0.717) is 0 Å². The molecule has 0 spiro atoms. The number of rotatable bonds is 2. The van der Waals surface area contributed by atoms with Crippen molar-refractivity contribution in [2.24, 2.45) is 0 Å². The highest BCUT2D eigenvalue weighted by molar-refractivity contribution is 5.88. The summed E-state index contributed by atoms with van der Waals surface area (Å²) in [5.41, 5.74) is 7.15. The van der Waals surface area contributed by atoms with Crippen LogP contribution in [0, 0.1) is 20.8 Å². The molecule has 0 bridgehead atoms. The lowest BCUT2D eigenvalue weighted by molar-refractivity contribution is 0.602. The van der Waals surface area contributed by atoms with Gasteiger partial charge in [-0.15, -0.1) is 10.2 Å². The van der Waals surface area contributed by atoms with Gasteiger partial charge in [-0.3, -0.25) is 4.57 Å². The minimum atomic E-state index is 0.726. The van der Waals surface area contributed by atoms with Crippen molar-refractivity contribution >= 4 is 11.1 Å². The van der Waals surface area contributed by atoms with Gasteiger partial charge in [-0.2, -0.15) is 0 Å². The number of hydrogen-bond donors (Lipinski definition) is 0. The summed E-state index contributed by atoms with van der Waals surface area (Å²) in [6.45, 7) is 6.31. The van der Waals surface area contributed by atoms with E-state index in [9.17, 15) is 0 Å². The highest BCUT2D eigenvalue weighted by Gasteiger charge is 2.17. The third kappa shape index (κ3) is 2.12. The molecular formula is C18H16N4O. The first kappa shape index (κ1) is 13.7. The predicted molar refractivity (Wildman–Crippen MR) is 88.6 cm³/mol. The van der Waals surface area contributed by atoms with E-state index in [0.717, 1.165) is 28.2 Å². The monoisotopic (exact) mass is 304 g/mol. The van der Waals surface area contributed by atoms with Crippen LogP contribution in [0.25, 0.3) is 28.2 Å². The molecule has 0 radical (unpaired) electrons. The Balaban J connectivity index is 1.99. The van der Waals surface area contributed by atoms with Gasteiger partial charge in [0.2, 0.25) is 0 Å². The number of aromatic nitrogens is 4. The fourth-order valence-corrected chi connectivity index (χ4v) is 3.20. The third-order valence-corrected chi connectivity index (χ3v) is 4.02. The van der Waals surface area contributed by atoms with Crippen molar-refractivity contribution in [1.82, 2.24) is 19.7 Å². The molecule has 2 aromatic heterocycles. The Morgan fingerprint density at radius 2 is 1.83 bits per heavy atom. The first-order chi connectivity index (χ1) is 11.1. The first-order valence-electron chi connectivity index (χ1n) is 7.46. The normalized spacial score (nSPS) is 11.3. The standard InChI is InChI=1S/C18H16N4O/c1-11-7-12(2)16(13(3)8-11)22-9-20-21-18(22)14-5-4-6-15-17(14)23-10-19-15/h4-10H,1-3H3. The van der Waals surface area contributed by atoms with Crippen LogP contribution >= 0.6 is 0 Å². The maximum atomic E-state index is 5.55. The van der Waals surface area contributed by atoms with Crippen molar-refractivity contribution in [2.45, 2.75) is 20.8 Å². The second kappa shape index (κ2) is 5.05. The highest BCUT2D eigenvalue weighted by atomic mass is 16.3. The molecule has 5 heteroatoms. The fourth-order valence-electron chi connectivity index (χ4n) is 3.20. The van der Waals surface area contributed by atoms with E-state index in [1.165, 1.54) is 23.1 Å². The average Bonchev–Trinajstić information content (AvgIpc) is 3.14.